The van der Waals surface area contributed by atoms with Crippen molar-refractivity contribution in [3.8, 4) is 11.1 Å². The SMILES string of the molecule is COC(=O)C[N+]1(C)CCN(c2ccc(-c3ccc(C=NN)cc3)cc2)CC1. The first-order chi connectivity index (χ1) is 13.0. The number of nitrogens with zero attached hydrogens (tertiary/aromatic N) is 3. The van der Waals surface area contributed by atoms with E-state index in [1.807, 2.05) is 12.1 Å². The standard InChI is InChI=1S/C21H27N4O2/c1-25(16-21(26)27-2)13-11-24(12-14-25)20-9-7-19(8-10-20)18-5-3-17(4-6-18)15-23-22/h3-10,15H,11-14,16,22H2,1-2H3/q+1. The van der Waals surface area contributed by atoms with Crippen LogP contribution in [0, 0.1) is 0 Å². The van der Waals surface area contributed by atoms with Gasteiger partial charge in [0.25, 0.3) is 0 Å². The van der Waals surface area contributed by atoms with Gasteiger partial charge in [0.05, 0.1) is 46.6 Å². The van der Waals surface area contributed by atoms with Gasteiger partial charge in [-0.15, -0.1) is 0 Å². The van der Waals surface area contributed by atoms with E-state index < -0.39 is 0 Å². The predicted molar refractivity (Wildman–Crippen MR) is 109 cm³/mol. The molecule has 2 aromatic carbocycles. The molecule has 0 spiro atoms. The Balaban J connectivity index is 1.63. The minimum Gasteiger partial charge on any atom is -0.465 e. The molecule has 2 aromatic rings. The summed E-state index contributed by atoms with van der Waals surface area (Å²) in [5, 5.41) is 3.55. The van der Waals surface area contributed by atoms with Gasteiger partial charge < -0.3 is 20.0 Å². The number of carbonyl (C=O) groups excluding carboxylic acids is 1. The predicted octanol–water partition coefficient (Wildman–Crippen LogP) is 2.09. The molecule has 6 nitrogen and oxygen atoms in total. The van der Waals surface area contributed by atoms with Crippen LogP contribution in [-0.4, -0.2) is 63.5 Å². The summed E-state index contributed by atoms with van der Waals surface area (Å²) >= 11 is 0. The number of hydrogen-bond donors (Lipinski definition) is 1. The highest BCUT2D eigenvalue weighted by Gasteiger charge is 2.31. The first-order valence-corrected chi connectivity index (χ1v) is 9.12. The summed E-state index contributed by atoms with van der Waals surface area (Å²) in [5.41, 5.74) is 4.55. The van der Waals surface area contributed by atoms with E-state index in [-0.39, 0.29) is 5.97 Å². The van der Waals surface area contributed by atoms with Gasteiger partial charge in [-0.3, -0.25) is 0 Å². The van der Waals surface area contributed by atoms with E-state index in [0.717, 1.165) is 41.8 Å². The molecule has 1 aliphatic rings. The Morgan fingerprint density at radius 1 is 1.11 bits per heavy atom. The first-order valence-electron chi connectivity index (χ1n) is 9.12. The van der Waals surface area contributed by atoms with Crippen LogP contribution in [0.3, 0.4) is 0 Å². The molecule has 0 amide bonds. The van der Waals surface area contributed by atoms with E-state index in [2.05, 4.69) is 53.4 Å². The zero-order chi connectivity index (χ0) is 19.3. The number of piperazine rings is 1. The Bertz CT molecular complexity index is 792. The lowest BCUT2D eigenvalue weighted by molar-refractivity contribution is -0.903. The molecule has 27 heavy (non-hydrogen) atoms. The highest BCUT2D eigenvalue weighted by Crippen LogP contribution is 2.25. The van der Waals surface area contributed by atoms with E-state index in [1.165, 1.54) is 18.4 Å². The highest BCUT2D eigenvalue weighted by atomic mass is 16.5. The molecule has 0 atom stereocenters. The lowest BCUT2D eigenvalue weighted by Crippen LogP contribution is -2.59. The van der Waals surface area contributed by atoms with Gasteiger partial charge in [-0.1, -0.05) is 36.4 Å². The number of hydrogen-bond acceptors (Lipinski definition) is 5. The molecule has 0 aliphatic carbocycles. The topological polar surface area (TPSA) is 67.9 Å². The zero-order valence-corrected chi connectivity index (χ0v) is 16.0. The number of anilines is 1. The number of carbonyl (C=O) groups is 1. The highest BCUT2D eigenvalue weighted by molar-refractivity contribution is 5.80. The quantitative estimate of drug-likeness (QED) is 0.289. The lowest BCUT2D eigenvalue weighted by Gasteiger charge is -2.42. The molecule has 6 heteroatoms. The third kappa shape index (κ3) is 4.65. The smallest absolute Gasteiger partial charge is 0.361 e. The van der Waals surface area contributed by atoms with Crippen molar-refractivity contribution in [2.45, 2.75) is 0 Å². The number of benzene rings is 2. The van der Waals surface area contributed by atoms with Crippen molar-refractivity contribution >= 4 is 17.9 Å². The molecule has 1 fully saturated rings. The van der Waals surface area contributed by atoms with Gasteiger partial charge in [0.1, 0.15) is 0 Å². The van der Waals surface area contributed by atoms with Crippen molar-refractivity contribution in [3.63, 3.8) is 0 Å². The normalized spacial score (nSPS) is 16.4. The van der Waals surface area contributed by atoms with Gasteiger partial charge in [-0.25, -0.2) is 4.79 Å². The first kappa shape index (κ1) is 18.9. The molecule has 0 unspecified atom stereocenters. The monoisotopic (exact) mass is 367 g/mol. The van der Waals surface area contributed by atoms with Gasteiger partial charge in [0.15, 0.2) is 6.54 Å². The average molecular weight is 367 g/mol. The summed E-state index contributed by atoms with van der Waals surface area (Å²) in [4.78, 5) is 14.0. The molecule has 0 radical (unpaired) electrons. The summed E-state index contributed by atoms with van der Waals surface area (Å²) in [6, 6.07) is 16.8. The Hall–Kier alpha value is -2.86. The van der Waals surface area contributed by atoms with Crippen LogP contribution in [0.15, 0.2) is 53.6 Å². The molecule has 1 heterocycles. The van der Waals surface area contributed by atoms with Crippen LogP contribution in [-0.2, 0) is 9.53 Å². The maximum absolute atomic E-state index is 11.6. The fourth-order valence-electron chi connectivity index (χ4n) is 3.45. The van der Waals surface area contributed by atoms with Crippen LogP contribution in [0.2, 0.25) is 0 Å². The summed E-state index contributed by atoms with van der Waals surface area (Å²) in [6.07, 6.45) is 1.63. The average Bonchev–Trinajstić information content (AvgIpc) is 2.69. The third-order valence-electron chi connectivity index (χ3n) is 5.26. The molecule has 0 bridgehead atoms. The Morgan fingerprint density at radius 2 is 1.67 bits per heavy atom. The largest absolute Gasteiger partial charge is 0.465 e. The van der Waals surface area contributed by atoms with Crippen LogP contribution in [0.25, 0.3) is 11.1 Å². The molecule has 1 saturated heterocycles. The molecule has 142 valence electrons. The van der Waals surface area contributed by atoms with E-state index >= 15 is 0 Å². The van der Waals surface area contributed by atoms with Gasteiger partial charge in [0.2, 0.25) is 0 Å². The van der Waals surface area contributed by atoms with Crippen molar-refractivity contribution < 1.29 is 14.0 Å². The van der Waals surface area contributed by atoms with Crippen molar-refractivity contribution in [1.82, 2.24) is 0 Å². The minimum atomic E-state index is -0.140. The van der Waals surface area contributed by atoms with Crippen molar-refractivity contribution in [1.29, 1.82) is 0 Å². The fraction of sp³-hybridized carbons (Fsp3) is 0.333. The number of rotatable bonds is 5. The number of methoxy groups -OCH3 is 1. The number of esters is 1. The van der Waals surface area contributed by atoms with Crippen LogP contribution in [0.4, 0.5) is 5.69 Å². The summed E-state index contributed by atoms with van der Waals surface area (Å²) in [7, 11) is 3.57. The maximum atomic E-state index is 11.6. The van der Waals surface area contributed by atoms with Crippen molar-refractivity contribution in [3.05, 3.63) is 54.1 Å². The molecule has 0 aromatic heterocycles. The second kappa shape index (κ2) is 8.22. The van der Waals surface area contributed by atoms with Gasteiger partial charge in [0, 0.05) is 5.69 Å². The molecule has 2 N–H and O–H groups in total. The van der Waals surface area contributed by atoms with Gasteiger partial charge in [-0.05, 0) is 28.8 Å². The Morgan fingerprint density at radius 3 is 2.19 bits per heavy atom. The van der Waals surface area contributed by atoms with E-state index in [4.69, 9.17) is 10.6 Å². The number of hydrazone groups is 1. The number of ether oxygens (including phenoxy) is 1. The second-order valence-corrected chi connectivity index (χ2v) is 7.24. The van der Waals surface area contributed by atoms with Gasteiger partial charge >= 0.3 is 5.97 Å². The fourth-order valence-corrected chi connectivity index (χ4v) is 3.45. The molecule has 1 aliphatic heterocycles. The van der Waals surface area contributed by atoms with E-state index in [9.17, 15) is 4.79 Å². The Kier molecular flexibility index (Phi) is 5.76. The molecule has 3 rings (SSSR count). The van der Waals surface area contributed by atoms with Crippen molar-refractivity contribution in [2.24, 2.45) is 10.9 Å². The van der Waals surface area contributed by atoms with Crippen LogP contribution in [0.5, 0.6) is 0 Å². The Labute approximate surface area is 160 Å². The summed E-state index contributed by atoms with van der Waals surface area (Å²) in [5.74, 6) is 5.05. The van der Waals surface area contributed by atoms with E-state index in [0.29, 0.717) is 6.54 Å². The van der Waals surface area contributed by atoms with Crippen LogP contribution < -0.4 is 10.7 Å². The number of likely N-dealkylation sites (N-methyl/N-ethyl adjacent to an activating group) is 1. The van der Waals surface area contributed by atoms with Gasteiger partial charge in [-0.2, -0.15) is 5.10 Å². The maximum Gasteiger partial charge on any atom is 0.361 e. The summed E-state index contributed by atoms with van der Waals surface area (Å²) < 4.78 is 5.56. The summed E-state index contributed by atoms with van der Waals surface area (Å²) in [6.45, 7) is 4.16. The molecular formula is C21H27N4O2+. The van der Waals surface area contributed by atoms with E-state index in [1.54, 1.807) is 6.21 Å². The molecular weight excluding hydrogens is 340 g/mol. The second-order valence-electron chi connectivity index (χ2n) is 7.24. The minimum absolute atomic E-state index is 0.140. The van der Waals surface area contributed by atoms with Crippen LogP contribution >= 0.6 is 0 Å². The van der Waals surface area contributed by atoms with Crippen molar-refractivity contribution in [2.75, 3.05) is 51.8 Å². The third-order valence-corrected chi connectivity index (χ3v) is 5.26. The van der Waals surface area contributed by atoms with Crippen LogP contribution in [0.1, 0.15) is 5.56 Å². The lowest BCUT2D eigenvalue weighted by atomic mass is 10.0. The zero-order valence-electron chi connectivity index (χ0n) is 16.0. The number of nitrogens with two attached hydrogens (primary N) is 1. The molecule has 0 saturated carbocycles. The number of quaternary nitrogens is 1.